The summed E-state index contributed by atoms with van der Waals surface area (Å²) in [7, 11) is 1.60. The second-order valence-corrected chi connectivity index (χ2v) is 5.90. The SMILES string of the molecule is COc1ccc(Oc2ccc(C(=O)N[C@@H](C(N)=O)C(C)C)cc2)cc1. The highest BCUT2D eigenvalue weighted by atomic mass is 16.5. The largest absolute Gasteiger partial charge is 0.497 e. The van der Waals surface area contributed by atoms with E-state index < -0.39 is 11.9 Å². The first kappa shape index (κ1) is 18.3. The Morgan fingerprint density at radius 3 is 1.84 bits per heavy atom. The third-order valence-corrected chi connectivity index (χ3v) is 3.67. The lowest BCUT2D eigenvalue weighted by Gasteiger charge is -2.19. The van der Waals surface area contributed by atoms with Gasteiger partial charge in [0, 0.05) is 5.56 Å². The van der Waals surface area contributed by atoms with Crippen molar-refractivity contribution >= 4 is 11.8 Å². The molecule has 2 aromatic carbocycles. The second-order valence-electron chi connectivity index (χ2n) is 5.90. The Morgan fingerprint density at radius 2 is 1.40 bits per heavy atom. The van der Waals surface area contributed by atoms with Crippen LogP contribution in [0.25, 0.3) is 0 Å². The van der Waals surface area contributed by atoms with Crippen LogP contribution in [0.5, 0.6) is 17.2 Å². The number of benzene rings is 2. The zero-order valence-corrected chi connectivity index (χ0v) is 14.5. The fourth-order valence-corrected chi connectivity index (χ4v) is 2.25. The second kappa shape index (κ2) is 8.19. The fourth-order valence-electron chi connectivity index (χ4n) is 2.25. The van der Waals surface area contributed by atoms with Gasteiger partial charge in [0.15, 0.2) is 0 Å². The van der Waals surface area contributed by atoms with E-state index in [1.54, 1.807) is 55.6 Å². The smallest absolute Gasteiger partial charge is 0.251 e. The van der Waals surface area contributed by atoms with E-state index >= 15 is 0 Å². The monoisotopic (exact) mass is 342 g/mol. The maximum absolute atomic E-state index is 12.2. The third-order valence-electron chi connectivity index (χ3n) is 3.67. The Balaban J connectivity index is 2.03. The normalized spacial score (nSPS) is 11.7. The summed E-state index contributed by atoms with van der Waals surface area (Å²) in [5.41, 5.74) is 5.74. The standard InChI is InChI=1S/C19H22N2O4/c1-12(2)17(18(20)22)21-19(23)13-4-6-15(7-5-13)25-16-10-8-14(24-3)9-11-16/h4-12,17H,1-3H3,(H2,20,22)(H,21,23)/t17-/m1/s1. The molecule has 0 aliphatic rings. The zero-order chi connectivity index (χ0) is 18.4. The van der Waals surface area contributed by atoms with E-state index in [0.29, 0.717) is 17.1 Å². The van der Waals surface area contributed by atoms with E-state index in [2.05, 4.69) is 5.32 Å². The summed E-state index contributed by atoms with van der Waals surface area (Å²) in [5.74, 6) is 1.01. The van der Waals surface area contributed by atoms with E-state index in [1.807, 2.05) is 13.8 Å². The van der Waals surface area contributed by atoms with Gasteiger partial charge in [0.2, 0.25) is 5.91 Å². The van der Waals surface area contributed by atoms with E-state index in [0.717, 1.165) is 5.75 Å². The predicted octanol–water partition coefficient (Wildman–Crippen LogP) is 2.73. The number of nitrogens with one attached hydrogen (secondary N) is 1. The summed E-state index contributed by atoms with van der Waals surface area (Å²) in [5, 5.41) is 2.65. The highest BCUT2D eigenvalue weighted by Gasteiger charge is 2.22. The van der Waals surface area contributed by atoms with Crippen molar-refractivity contribution in [1.29, 1.82) is 0 Å². The molecule has 0 saturated carbocycles. The summed E-state index contributed by atoms with van der Waals surface area (Å²) >= 11 is 0. The van der Waals surface area contributed by atoms with E-state index in [9.17, 15) is 9.59 Å². The Labute approximate surface area is 146 Å². The molecule has 0 aromatic heterocycles. The van der Waals surface area contributed by atoms with Gasteiger partial charge in [-0.25, -0.2) is 0 Å². The third kappa shape index (κ3) is 4.97. The van der Waals surface area contributed by atoms with Crippen LogP contribution < -0.4 is 20.5 Å². The molecule has 0 spiro atoms. The molecule has 6 heteroatoms. The topological polar surface area (TPSA) is 90.7 Å². The molecule has 6 nitrogen and oxygen atoms in total. The van der Waals surface area contributed by atoms with Gasteiger partial charge < -0.3 is 20.5 Å². The van der Waals surface area contributed by atoms with Crippen LogP contribution in [0, 0.1) is 5.92 Å². The van der Waals surface area contributed by atoms with Gasteiger partial charge in [-0.3, -0.25) is 9.59 Å². The first-order valence-corrected chi connectivity index (χ1v) is 7.93. The summed E-state index contributed by atoms with van der Waals surface area (Å²) in [4.78, 5) is 23.6. The predicted molar refractivity (Wildman–Crippen MR) is 94.8 cm³/mol. The summed E-state index contributed by atoms with van der Waals surface area (Å²) in [6.07, 6.45) is 0. The van der Waals surface area contributed by atoms with Crippen LogP contribution in [0.4, 0.5) is 0 Å². The molecule has 2 aromatic rings. The first-order chi connectivity index (χ1) is 11.9. The first-order valence-electron chi connectivity index (χ1n) is 7.93. The Bertz CT molecular complexity index is 724. The van der Waals surface area contributed by atoms with Crippen LogP contribution in [-0.2, 0) is 4.79 Å². The van der Waals surface area contributed by atoms with Crippen molar-refractivity contribution < 1.29 is 19.1 Å². The number of carbonyl (C=O) groups is 2. The van der Waals surface area contributed by atoms with Crippen molar-refractivity contribution in [3.8, 4) is 17.2 Å². The molecular weight excluding hydrogens is 320 g/mol. The number of nitrogens with two attached hydrogens (primary N) is 1. The molecule has 3 N–H and O–H groups in total. The van der Waals surface area contributed by atoms with Gasteiger partial charge in [0.25, 0.3) is 5.91 Å². The Morgan fingerprint density at radius 1 is 0.920 bits per heavy atom. The summed E-state index contributed by atoms with van der Waals surface area (Å²) < 4.78 is 10.8. The van der Waals surface area contributed by atoms with Gasteiger partial charge in [-0.05, 0) is 54.4 Å². The van der Waals surface area contributed by atoms with Crippen molar-refractivity contribution in [3.63, 3.8) is 0 Å². The number of hydrogen-bond acceptors (Lipinski definition) is 4. The van der Waals surface area contributed by atoms with E-state index in [1.165, 1.54) is 0 Å². The molecule has 0 radical (unpaired) electrons. The van der Waals surface area contributed by atoms with Gasteiger partial charge in [0.05, 0.1) is 7.11 Å². The lowest BCUT2D eigenvalue weighted by molar-refractivity contribution is -0.120. The average molecular weight is 342 g/mol. The molecule has 0 aliphatic carbocycles. The van der Waals surface area contributed by atoms with Crippen molar-refractivity contribution in [2.75, 3.05) is 7.11 Å². The minimum Gasteiger partial charge on any atom is -0.497 e. The summed E-state index contributed by atoms with van der Waals surface area (Å²) in [6, 6.07) is 13.1. The van der Waals surface area contributed by atoms with Crippen LogP contribution in [-0.4, -0.2) is 25.0 Å². The number of ether oxygens (including phenoxy) is 2. The molecule has 0 bridgehead atoms. The molecule has 0 unspecified atom stereocenters. The number of amides is 2. The van der Waals surface area contributed by atoms with Crippen LogP contribution in [0.1, 0.15) is 24.2 Å². The average Bonchev–Trinajstić information content (AvgIpc) is 2.60. The fraction of sp³-hybridized carbons (Fsp3) is 0.263. The van der Waals surface area contributed by atoms with Crippen molar-refractivity contribution in [1.82, 2.24) is 5.32 Å². The number of methoxy groups -OCH3 is 1. The minimum absolute atomic E-state index is 0.0841. The number of carbonyl (C=O) groups excluding carboxylic acids is 2. The summed E-state index contributed by atoms with van der Waals surface area (Å²) in [6.45, 7) is 3.64. The highest BCUT2D eigenvalue weighted by molar-refractivity contribution is 5.97. The molecule has 25 heavy (non-hydrogen) atoms. The highest BCUT2D eigenvalue weighted by Crippen LogP contribution is 2.24. The zero-order valence-electron chi connectivity index (χ0n) is 14.5. The van der Waals surface area contributed by atoms with Gasteiger partial charge in [0.1, 0.15) is 23.3 Å². The van der Waals surface area contributed by atoms with Crippen molar-refractivity contribution in [2.24, 2.45) is 11.7 Å². The lowest BCUT2D eigenvalue weighted by atomic mass is 10.0. The van der Waals surface area contributed by atoms with Crippen LogP contribution >= 0.6 is 0 Å². The van der Waals surface area contributed by atoms with Gasteiger partial charge in [-0.1, -0.05) is 13.8 Å². The van der Waals surface area contributed by atoms with E-state index in [4.69, 9.17) is 15.2 Å². The van der Waals surface area contributed by atoms with Crippen LogP contribution in [0.15, 0.2) is 48.5 Å². The minimum atomic E-state index is -0.706. The molecule has 2 rings (SSSR count). The van der Waals surface area contributed by atoms with Crippen molar-refractivity contribution in [2.45, 2.75) is 19.9 Å². The molecule has 0 heterocycles. The van der Waals surface area contributed by atoms with Crippen molar-refractivity contribution in [3.05, 3.63) is 54.1 Å². The maximum atomic E-state index is 12.2. The lowest BCUT2D eigenvalue weighted by Crippen LogP contribution is -2.47. The molecule has 0 saturated heterocycles. The van der Waals surface area contributed by atoms with Crippen LogP contribution in [0.2, 0.25) is 0 Å². The molecule has 0 aliphatic heterocycles. The molecular formula is C19H22N2O4. The van der Waals surface area contributed by atoms with Crippen LogP contribution in [0.3, 0.4) is 0 Å². The van der Waals surface area contributed by atoms with Gasteiger partial charge in [-0.15, -0.1) is 0 Å². The maximum Gasteiger partial charge on any atom is 0.251 e. The van der Waals surface area contributed by atoms with E-state index in [-0.39, 0.29) is 11.8 Å². The Kier molecular flexibility index (Phi) is 6.00. The molecule has 132 valence electrons. The number of rotatable bonds is 7. The molecule has 2 amide bonds. The quantitative estimate of drug-likeness (QED) is 0.809. The van der Waals surface area contributed by atoms with Gasteiger partial charge >= 0.3 is 0 Å². The number of primary amides is 1. The number of hydrogen-bond donors (Lipinski definition) is 2. The Hall–Kier alpha value is -3.02. The van der Waals surface area contributed by atoms with Gasteiger partial charge in [-0.2, -0.15) is 0 Å². The molecule has 0 fully saturated rings. The molecule has 1 atom stereocenters.